The largest absolute Gasteiger partial charge is 0.337 e. The summed E-state index contributed by atoms with van der Waals surface area (Å²) >= 11 is 0. The zero-order chi connectivity index (χ0) is 17.4. The quantitative estimate of drug-likeness (QED) is 0.544. The Morgan fingerprint density at radius 3 is 1.08 bits per heavy atom. The molecule has 130 valence electrons. The van der Waals surface area contributed by atoms with Crippen molar-refractivity contribution < 1.29 is 18.1 Å². The molecule has 4 nitrogen and oxygen atoms in total. The minimum atomic E-state index is -0.835. The van der Waals surface area contributed by atoms with Crippen LogP contribution in [-0.4, -0.2) is 28.4 Å². The molecule has 0 heterocycles. The summed E-state index contributed by atoms with van der Waals surface area (Å²) < 4.78 is 21.2. The van der Waals surface area contributed by atoms with Gasteiger partial charge in [-0.15, -0.1) is 0 Å². The summed E-state index contributed by atoms with van der Waals surface area (Å²) in [6.45, 7) is 0. The molecule has 2 aromatic carbocycles. The molecular formula is C18H24O4P2. The molecule has 0 atom stereocenters. The molecule has 0 fully saturated rings. The van der Waals surface area contributed by atoms with E-state index in [1.807, 2.05) is 0 Å². The lowest BCUT2D eigenvalue weighted by molar-refractivity contribution is 0.339. The maximum absolute atomic E-state index is 5.31. The normalized spacial score (nSPS) is 11.4. The average Bonchev–Trinajstić information content (AvgIpc) is 2.65. The van der Waals surface area contributed by atoms with Crippen molar-refractivity contribution in [3.8, 4) is 11.1 Å². The zero-order valence-electron chi connectivity index (χ0n) is 14.6. The fraction of sp³-hybridized carbons (Fsp3) is 0.333. The van der Waals surface area contributed by atoms with Crippen molar-refractivity contribution in [3.05, 3.63) is 59.7 Å². The predicted molar refractivity (Wildman–Crippen MR) is 101 cm³/mol. The Balaban J connectivity index is 2.03. The van der Waals surface area contributed by atoms with Crippen LogP contribution in [0, 0.1) is 0 Å². The summed E-state index contributed by atoms with van der Waals surface area (Å²) in [5, 5.41) is 0. The highest BCUT2D eigenvalue weighted by molar-refractivity contribution is 7.46. The van der Waals surface area contributed by atoms with Gasteiger partial charge in [-0.25, -0.2) is 0 Å². The van der Waals surface area contributed by atoms with E-state index in [9.17, 15) is 0 Å². The molecule has 0 unspecified atom stereocenters. The zero-order valence-corrected chi connectivity index (χ0v) is 16.3. The third-order valence-electron chi connectivity index (χ3n) is 3.68. The van der Waals surface area contributed by atoms with E-state index in [2.05, 4.69) is 48.5 Å². The maximum atomic E-state index is 5.31. The first-order chi connectivity index (χ1) is 11.7. The molecule has 0 saturated carbocycles. The van der Waals surface area contributed by atoms with Crippen LogP contribution in [0.3, 0.4) is 0 Å². The second-order valence-corrected chi connectivity index (χ2v) is 8.53. The van der Waals surface area contributed by atoms with Crippen molar-refractivity contribution in [1.82, 2.24) is 0 Å². The Labute approximate surface area is 146 Å². The van der Waals surface area contributed by atoms with Crippen LogP contribution in [-0.2, 0) is 30.4 Å². The number of benzene rings is 2. The number of hydrogen-bond donors (Lipinski definition) is 0. The number of hydrogen-bond acceptors (Lipinski definition) is 4. The highest BCUT2D eigenvalue weighted by Crippen LogP contribution is 2.41. The number of rotatable bonds is 9. The van der Waals surface area contributed by atoms with E-state index in [0.717, 1.165) is 12.3 Å². The Kier molecular flexibility index (Phi) is 8.28. The highest BCUT2D eigenvalue weighted by Gasteiger charge is 2.09. The van der Waals surface area contributed by atoms with Crippen LogP contribution >= 0.6 is 16.8 Å². The molecule has 0 N–H and O–H groups in total. The molecule has 0 aliphatic carbocycles. The summed E-state index contributed by atoms with van der Waals surface area (Å²) in [6.07, 6.45) is 1.61. The van der Waals surface area contributed by atoms with Crippen molar-refractivity contribution in [2.75, 3.05) is 28.4 Å². The lowest BCUT2D eigenvalue weighted by Gasteiger charge is -2.13. The first-order valence-corrected chi connectivity index (χ1v) is 10.3. The second kappa shape index (κ2) is 10.2. The fourth-order valence-corrected chi connectivity index (χ4v) is 4.14. The van der Waals surface area contributed by atoms with E-state index >= 15 is 0 Å². The van der Waals surface area contributed by atoms with E-state index in [4.69, 9.17) is 18.1 Å². The van der Waals surface area contributed by atoms with Crippen molar-refractivity contribution in [2.24, 2.45) is 0 Å². The highest BCUT2D eigenvalue weighted by atomic mass is 31.2. The van der Waals surface area contributed by atoms with E-state index in [-0.39, 0.29) is 0 Å². The smallest absolute Gasteiger partial charge is 0.174 e. The van der Waals surface area contributed by atoms with Gasteiger partial charge in [0.2, 0.25) is 0 Å². The minimum Gasteiger partial charge on any atom is -0.337 e. The summed E-state index contributed by atoms with van der Waals surface area (Å²) in [6, 6.07) is 17.1. The van der Waals surface area contributed by atoms with Gasteiger partial charge < -0.3 is 18.1 Å². The molecule has 2 rings (SSSR count). The Bertz CT molecular complexity index is 538. The lowest BCUT2D eigenvalue weighted by atomic mass is 10.0. The molecule has 0 aromatic heterocycles. The van der Waals surface area contributed by atoms with E-state index in [0.29, 0.717) is 0 Å². The van der Waals surface area contributed by atoms with Gasteiger partial charge in [-0.1, -0.05) is 48.5 Å². The van der Waals surface area contributed by atoms with Gasteiger partial charge in [-0.2, -0.15) is 0 Å². The lowest BCUT2D eigenvalue weighted by Crippen LogP contribution is -1.90. The van der Waals surface area contributed by atoms with Gasteiger partial charge in [0.25, 0.3) is 0 Å². The molecular weight excluding hydrogens is 342 g/mol. The molecule has 0 aliphatic heterocycles. The molecule has 6 heteroatoms. The average molecular weight is 366 g/mol. The molecule has 0 spiro atoms. The van der Waals surface area contributed by atoms with E-state index < -0.39 is 16.8 Å². The standard InChI is InChI=1S/C18H24O4P2/c1-19-23(20-2)13-15-5-9-17(10-6-15)18-11-7-16(8-12-18)14-24(21-3)22-4/h5-12H,13-14H2,1-4H3. The summed E-state index contributed by atoms with van der Waals surface area (Å²) in [5.41, 5.74) is 4.84. The second-order valence-electron chi connectivity index (χ2n) is 5.11. The van der Waals surface area contributed by atoms with Gasteiger partial charge in [-0.3, -0.25) is 0 Å². The molecule has 24 heavy (non-hydrogen) atoms. The minimum absolute atomic E-state index is 0.805. The molecule has 0 amide bonds. The van der Waals surface area contributed by atoms with E-state index in [1.165, 1.54) is 22.3 Å². The summed E-state index contributed by atoms with van der Waals surface area (Å²) in [4.78, 5) is 0. The van der Waals surface area contributed by atoms with Crippen molar-refractivity contribution in [2.45, 2.75) is 12.3 Å². The van der Waals surface area contributed by atoms with Gasteiger partial charge in [-0.05, 0) is 22.3 Å². The Morgan fingerprint density at radius 1 is 0.542 bits per heavy atom. The maximum Gasteiger partial charge on any atom is 0.174 e. The van der Waals surface area contributed by atoms with Gasteiger partial charge in [0, 0.05) is 40.8 Å². The van der Waals surface area contributed by atoms with Crippen LogP contribution in [0.2, 0.25) is 0 Å². The summed E-state index contributed by atoms with van der Waals surface area (Å²) in [5.74, 6) is 0. The molecule has 0 aliphatic rings. The Hall–Kier alpha value is -0.860. The van der Waals surface area contributed by atoms with Crippen LogP contribution < -0.4 is 0 Å². The first kappa shape index (κ1) is 19.5. The topological polar surface area (TPSA) is 36.9 Å². The Morgan fingerprint density at radius 2 is 0.833 bits per heavy atom. The first-order valence-electron chi connectivity index (χ1n) is 7.60. The SMILES string of the molecule is COP(Cc1ccc(-c2ccc(CP(OC)OC)cc2)cc1)OC. The van der Waals surface area contributed by atoms with Gasteiger partial charge in [0.15, 0.2) is 16.8 Å². The fourth-order valence-electron chi connectivity index (χ4n) is 2.31. The summed E-state index contributed by atoms with van der Waals surface area (Å²) in [7, 11) is 5.07. The van der Waals surface area contributed by atoms with Gasteiger partial charge in [0.1, 0.15) is 0 Å². The molecule has 0 radical (unpaired) electrons. The third kappa shape index (κ3) is 5.60. The van der Waals surface area contributed by atoms with Gasteiger partial charge in [0.05, 0.1) is 0 Å². The van der Waals surface area contributed by atoms with Gasteiger partial charge >= 0.3 is 0 Å². The van der Waals surface area contributed by atoms with Crippen LogP contribution in [0.1, 0.15) is 11.1 Å². The van der Waals surface area contributed by atoms with Crippen molar-refractivity contribution in [1.29, 1.82) is 0 Å². The van der Waals surface area contributed by atoms with Crippen LogP contribution in [0.15, 0.2) is 48.5 Å². The van der Waals surface area contributed by atoms with Crippen molar-refractivity contribution in [3.63, 3.8) is 0 Å². The van der Waals surface area contributed by atoms with Crippen LogP contribution in [0.25, 0.3) is 11.1 Å². The van der Waals surface area contributed by atoms with Crippen LogP contribution in [0.5, 0.6) is 0 Å². The van der Waals surface area contributed by atoms with Crippen LogP contribution in [0.4, 0.5) is 0 Å². The van der Waals surface area contributed by atoms with Crippen molar-refractivity contribution >= 4 is 16.8 Å². The predicted octanol–water partition coefficient (Wildman–Crippen LogP) is 5.56. The third-order valence-corrected chi connectivity index (χ3v) is 6.55. The van der Waals surface area contributed by atoms with E-state index in [1.54, 1.807) is 28.4 Å². The molecule has 0 saturated heterocycles. The monoisotopic (exact) mass is 366 g/mol. The molecule has 0 bridgehead atoms. The molecule has 2 aromatic rings.